The molecule has 0 radical (unpaired) electrons. The van der Waals surface area contributed by atoms with Gasteiger partial charge in [-0.15, -0.1) is 0 Å². The van der Waals surface area contributed by atoms with Crippen LogP contribution in [0.2, 0.25) is 0 Å². The van der Waals surface area contributed by atoms with E-state index in [-0.39, 0.29) is 18.4 Å². The number of aryl methyl sites for hydroxylation is 3. The Bertz CT molecular complexity index is 817. The summed E-state index contributed by atoms with van der Waals surface area (Å²) >= 11 is 0. The monoisotopic (exact) mass is 368 g/mol. The van der Waals surface area contributed by atoms with Crippen molar-refractivity contribution in [1.29, 1.82) is 0 Å². The van der Waals surface area contributed by atoms with Crippen molar-refractivity contribution in [3.8, 4) is 5.75 Å². The number of hydrogen-bond acceptors (Lipinski definition) is 3. The highest BCUT2D eigenvalue weighted by Gasteiger charge is 2.26. The van der Waals surface area contributed by atoms with Gasteiger partial charge >= 0.3 is 0 Å². The average molecular weight is 368 g/mol. The van der Waals surface area contributed by atoms with Gasteiger partial charge in [-0.25, -0.2) is 0 Å². The van der Waals surface area contributed by atoms with Gasteiger partial charge in [0.2, 0.25) is 5.91 Å². The smallest absolute Gasteiger partial charge is 0.261 e. The molecule has 1 atom stereocenters. The summed E-state index contributed by atoms with van der Waals surface area (Å²) in [4.78, 5) is 26.6. The highest BCUT2D eigenvalue weighted by atomic mass is 16.5. The highest BCUT2D eigenvalue weighted by Crippen LogP contribution is 2.19. The molecule has 0 heterocycles. The molecule has 2 aromatic carbocycles. The van der Waals surface area contributed by atoms with Gasteiger partial charge in [-0.1, -0.05) is 42.0 Å². The predicted octanol–water partition coefficient (Wildman–Crippen LogP) is 3.15. The molecule has 0 spiro atoms. The Kier molecular flexibility index (Phi) is 6.99. The van der Waals surface area contributed by atoms with Crippen LogP contribution in [0.3, 0.4) is 0 Å². The third-order valence-corrected chi connectivity index (χ3v) is 4.54. The van der Waals surface area contributed by atoms with E-state index in [9.17, 15) is 9.59 Å². The van der Waals surface area contributed by atoms with Crippen molar-refractivity contribution >= 4 is 11.8 Å². The van der Waals surface area contributed by atoms with Crippen molar-refractivity contribution in [2.75, 3.05) is 13.7 Å². The van der Waals surface area contributed by atoms with Crippen LogP contribution in [0.25, 0.3) is 0 Å². The first kappa shape index (κ1) is 20.5. The summed E-state index contributed by atoms with van der Waals surface area (Å²) in [5, 5.41) is 2.61. The Morgan fingerprint density at radius 1 is 1.07 bits per heavy atom. The van der Waals surface area contributed by atoms with Crippen molar-refractivity contribution in [2.24, 2.45) is 0 Å². The van der Waals surface area contributed by atoms with Crippen molar-refractivity contribution in [3.63, 3.8) is 0 Å². The van der Waals surface area contributed by atoms with E-state index in [1.807, 2.05) is 63.2 Å². The zero-order chi connectivity index (χ0) is 20.0. The van der Waals surface area contributed by atoms with Crippen LogP contribution >= 0.6 is 0 Å². The standard InChI is InChI=1S/C22H28N2O3/c1-15-7-6-8-19(11-15)13-24(18(4)22(26)23-5)21(25)14-27-20-12-16(2)9-10-17(20)3/h6-12,18H,13-14H2,1-5H3,(H,23,26)/t18-/m0/s1. The SMILES string of the molecule is CNC(=O)[C@H](C)N(Cc1cccc(C)c1)C(=O)COc1cc(C)ccc1C. The number of carbonyl (C=O) groups excluding carboxylic acids is 2. The Morgan fingerprint density at radius 2 is 1.78 bits per heavy atom. The second-order valence-electron chi connectivity index (χ2n) is 6.86. The number of nitrogens with zero attached hydrogens (tertiary/aromatic N) is 1. The molecule has 0 aromatic heterocycles. The zero-order valence-electron chi connectivity index (χ0n) is 16.7. The number of nitrogens with one attached hydrogen (secondary N) is 1. The van der Waals surface area contributed by atoms with E-state index in [0.29, 0.717) is 12.3 Å². The van der Waals surface area contributed by atoms with Gasteiger partial charge in [0.25, 0.3) is 5.91 Å². The van der Waals surface area contributed by atoms with Crippen molar-refractivity contribution in [1.82, 2.24) is 10.2 Å². The summed E-state index contributed by atoms with van der Waals surface area (Å²) < 4.78 is 5.76. The summed E-state index contributed by atoms with van der Waals surface area (Å²) in [6, 6.07) is 13.2. The Hall–Kier alpha value is -2.82. The zero-order valence-corrected chi connectivity index (χ0v) is 16.7. The van der Waals surface area contributed by atoms with E-state index in [0.717, 1.165) is 22.3 Å². The van der Waals surface area contributed by atoms with E-state index < -0.39 is 6.04 Å². The first-order chi connectivity index (χ1) is 12.8. The van der Waals surface area contributed by atoms with Gasteiger partial charge in [-0.05, 0) is 50.5 Å². The van der Waals surface area contributed by atoms with Gasteiger partial charge in [-0.2, -0.15) is 0 Å². The second-order valence-corrected chi connectivity index (χ2v) is 6.86. The normalized spacial score (nSPS) is 11.6. The fourth-order valence-corrected chi connectivity index (χ4v) is 2.88. The lowest BCUT2D eigenvalue weighted by atomic mass is 10.1. The number of likely N-dealkylation sites (N-methyl/N-ethyl adjacent to an activating group) is 1. The molecule has 2 amide bonds. The lowest BCUT2D eigenvalue weighted by Gasteiger charge is -2.28. The van der Waals surface area contributed by atoms with Crippen LogP contribution in [0.1, 0.15) is 29.2 Å². The molecule has 0 aliphatic rings. The maximum Gasteiger partial charge on any atom is 0.261 e. The molecular formula is C22H28N2O3. The Labute approximate surface area is 161 Å². The van der Waals surface area contributed by atoms with Crippen LogP contribution in [0.4, 0.5) is 0 Å². The minimum absolute atomic E-state index is 0.114. The van der Waals surface area contributed by atoms with Crippen molar-refractivity contribution in [2.45, 2.75) is 40.3 Å². The van der Waals surface area contributed by atoms with Gasteiger partial charge in [0.05, 0.1) is 0 Å². The van der Waals surface area contributed by atoms with E-state index in [4.69, 9.17) is 4.74 Å². The van der Waals surface area contributed by atoms with Crippen LogP contribution < -0.4 is 10.1 Å². The lowest BCUT2D eigenvalue weighted by molar-refractivity contribution is -0.142. The molecule has 144 valence electrons. The predicted molar refractivity (Wildman–Crippen MR) is 107 cm³/mol. The lowest BCUT2D eigenvalue weighted by Crippen LogP contribution is -2.48. The molecule has 0 fully saturated rings. The fourth-order valence-electron chi connectivity index (χ4n) is 2.88. The number of amides is 2. The average Bonchev–Trinajstić information content (AvgIpc) is 2.65. The molecule has 0 unspecified atom stereocenters. The summed E-state index contributed by atoms with van der Waals surface area (Å²) in [5.74, 6) is 0.253. The van der Waals surface area contributed by atoms with Crippen molar-refractivity contribution < 1.29 is 14.3 Å². The topological polar surface area (TPSA) is 58.6 Å². The third-order valence-electron chi connectivity index (χ3n) is 4.54. The van der Waals surface area contributed by atoms with E-state index >= 15 is 0 Å². The Morgan fingerprint density at radius 3 is 2.44 bits per heavy atom. The van der Waals surface area contributed by atoms with Gasteiger partial charge in [-0.3, -0.25) is 9.59 Å². The summed E-state index contributed by atoms with van der Waals surface area (Å²) in [5.41, 5.74) is 4.13. The van der Waals surface area contributed by atoms with E-state index in [2.05, 4.69) is 5.32 Å². The molecule has 2 rings (SSSR count). The molecule has 0 saturated carbocycles. The fraction of sp³-hybridized carbons (Fsp3) is 0.364. The van der Waals surface area contributed by atoms with Crippen LogP contribution in [0.5, 0.6) is 5.75 Å². The number of carbonyl (C=O) groups is 2. The first-order valence-corrected chi connectivity index (χ1v) is 9.08. The van der Waals surface area contributed by atoms with E-state index in [1.54, 1.807) is 18.9 Å². The minimum Gasteiger partial charge on any atom is -0.483 e. The number of hydrogen-bond donors (Lipinski definition) is 1. The number of ether oxygens (including phenoxy) is 1. The van der Waals surface area contributed by atoms with Crippen LogP contribution in [0.15, 0.2) is 42.5 Å². The first-order valence-electron chi connectivity index (χ1n) is 9.08. The molecule has 5 nitrogen and oxygen atoms in total. The number of benzene rings is 2. The summed E-state index contributed by atoms with van der Waals surface area (Å²) in [6.07, 6.45) is 0. The van der Waals surface area contributed by atoms with Gasteiger partial charge in [0, 0.05) is 13.6 Å². The minimum atomic E-state index is -0.592. The molecular weight excluding hydrogens is 340 g/mol. The number of rotatable bonds is 7. The summed E-state index contributed by atoms with van der Waals surface area (Å²) in [6.45, 7) is 7.89. The molecule has 2 aromatic rings. The Balaban J connectivity index is 2.17. The molecule has 0 aliphatic heterocycles. The van der Waals surface area contributed by atoms with Crippen LogP contribution in [-0.2, 0) is 16.1 Å². The molecule has 5 heteroatoms. The van der Waals surface area contributed by atoms with Gasteiger partial charge < -0.3 is 15.0 Å². The molecule has 1 N–H and O–H groups in total. The van der Waals surface area contributed by atoms with Crippen molar-refractivity contribution in [3.05, 3.63) is 64.7 Å². The van der Waals surface area contributed by atoms with E-state index in [1.165, 1.54) is 0 Å². The molecule has 27 heavy (non-hydrogen) atoms. The third kappa shape index (κ3) is 5.58. The quantitative estimate of drug-likeness (QED) is 0.817. The summed E-state index contributed by atoms with van der Waals surface area (Å²) in [7, 11) is 1.57. The maximum absolute atomic E-state index is 12.9. The van der Waals surface area contributed by atoms with Gasteiger partial charge in [0.1, 0.15) is 11.8 Å². The maximum atomic E-state index is 12.9. The second kappa shape index (κ2) is 9.21. The highest BCUT2D eigenvalue weighted by molar-refractivity contribution is 5.87. The van der Waals surface area contributed by atoms with Crippen LogP contribution in [-0.4, -0.2) is 36.4 Å². The molecule has 0 bridgehead atoms. The largest absolute Gasteiger partial charge is 0.483 e. The van der Waals surface area contributed by atoms with Gasteiger partial charge in [0.15, 0.2) is 6.61 Å². The van der Waals surface area contributed by atoms with Crippen LogP contribution in [0, 0.1) is 20.8 Å². The molecule has 0 saturated heterocycles. The molecule has 0 aliphatic carbocycles.